The fourth-order valence-electron chi connectivity index (χ4n) is 4.52. The van der Waals surface area contributed by atoms with Gasteiger partial charge in [0.15, 0.2) is 6.61 Å². The largest absolute Gasteiger partial charge is 0.466 e. The zero-order valence-electron chi connectivity index (χ0n) is 21.8. The summed E-state index contributed by atoms with van der Waals surface area (Å²) in [7, 11) is -2.72. The minimum Gasteiger partial charge on any atom is -0.466 e. The maximum Gasteiger partial charge on any atom is 0.343 e. The van der Waals surface area contributed by atoms with E-state index < -0.39 is 16.0 Å². The van der Waals surface area contributed by atoms with Gasteiger partial charge in [0, 0.05) is 16.3 Å². The lowest BCUT2D eigenvalue weighted by molar-refractivity contribution is -0.143. The molecule has 3 aromatic carbocycles. The molecule has 39 heavy (non-hydrogen) atoms. The van der Waals surface area contributed by atoms with E-state index in [1.165, 1.54) is 37.6 Å². The third-order valence-electron chi connectivity index (χ3n) is 6.46. The van der Waals surface area contributed by atoms with Crippen LogP contribution < -0.4 is 4.74 Å². The summed E-state index contributed by atoms with van der Waals surface area (Å²) < 4.78 is 52.3. The van der Waals surface area contributed by atoms with E-state index in [4.69, 9.17) is 14.5 Å². The summed E-state index contributed by atoms with van der Waals surface area (Å²) in [5.41, 5.74) is 3.87. The van der Waals surface area contributed by atoms with Crippen LogP contribution in [0.25, 0.3) is 32.9 Å². The van der Waals surface area contributed by atoms with E-state index in [1.54, 1.807) is 30.3 Å². The molecule has 8 nitrogen and oxygen atoms in total. The molecule has 2 heterocycles. The van der Waals surface area contributed by atoms with E-state index in [0.29, 0.717) is 21.8 Å². The average Bonchev–Trinajstić information content (AvgIpc) is 3.34. The molecule has 0 spiro atoms. The molecular formula is C29H26FN3O5S. The van der Waals surface area contributed by atoms with Crippen LogP contribution in [0.2, 0.25) is 0 Å². The first-order chi connectivity index (χ1) is 18.6. The number of esters is 1. The Kier molecular flexibility index (Phi) is 6.82. The first-order valence-electron chi connectivity index (χ1n) is 12.2. The van der Waals surface area contributed by atoms with Crippen molar-refractivity contribution >= 4 is 37.8 Å². The molecule has 0 saturated heterocycles. The molecule has 0 amide bonds. The molecule has 10 heteroatoms. The highest BCUT2D eigenvalue weighted by atomic mass is 32.2. The number of pyridine rings is 1. The standard InChI is InChI=1S/C29H26FN3O5S/c1-17(2)27-28(19-7-9-21(30)10-8-19)23-13-20-15-31-33(39(35,36)22-11-5-18(3)6-12-22)25(20)14-24(23)32-29(27)38-16-26(34)37-4/h5-15,17H,16H2,1-4H3. The second-order valence-electron chi connectivity index (χ2n) is 9.47. The van der Waals surface area contributed by atoms with E-state index in [0.717, 1.165) is 26.3 Å². The Morgan fingerprint density at radius 2 is 1.74 bits per heavy atom. The Hall–Kier alpha value is -4.31. The number of rotatable bonds is 7. The zero-order valence-corrected chi connectivity index (χ0v) is 22.6. The third kappa shape index (κ3) is 4.83. The molecule has 0 aliphatic carbocycles. The van der Waals surface area contributed by atoms with Gasteiger partial charge in [-0.15, -0.1) is 0 Å². The summed E-state index contributed by atoms with van der Waals surface area (Å²) in [6, 6.07) is 16.0. The molecule has 0 atom stereocenters. The van der Waals surface area contributed by atoms with Gasteiger partial charge in [-0.3, -0.25) is 0 Å². The van der Waals surface area contributed by atoms with Crippen molar-refractivity contribution in [3.63, 3.8) is 0 Å². The van der Waals surface area contributed by atoms with Crippen molar-refractivity contribution in [2.75, 3.05) is 13.7 Å². The van der Waals surface area contributed by atoms with Crippen molar-refractivity contribution in [2.24, 2.45) is 0 Å². The second-order valence-corrected chi connectivity index (χ2v) is 11.2. The fourth-order valence-corrected chi connectivity index (χ4v) is 5.78. The van der Waals surface area contributed by atoms with Gasteiger partial charge in [0.05, 0.1) is 29.2 Å². The topological polar surface area (TPSA) is 100 Å². The third-order valence-corrected chi connectivity index (χ3v) is 8.07. The lowest BCUT2D eigenvalue weighted by Gasteiger charge is -2.20. The zero-order chi connectivity index (χ0) is 27.9. The Bertz CT molecular complexity index is 1810. The monoisotopic (exact) mass is 547 g/mol. The van der Waals surface area contributed by atoms with Crippen molar-refractivity contribution in [2.45, 2.75) is 31.6 Å². The van der Waals surface area contributed by atoms with E-state index >= 15 is 0 Å². The molecule has 0 radical (unpaired) electrons. The fraction of sp³-hybridized carbons (Fsp3) is 0.207. The van der Waals surface area contributed by atoms with Gasteiger partial charge < -0.3 is 9.47 Å². The summed E-state index contributed by atoms with van der Waals surface area (Å²) in [4.78, 5) is 16.7. The number of aromatic nitrogens is 3. The minimum absolute atomic E-state index is 0.0880. The first kappa shape index (κ1) is 26.3. The molecular weight excluding hydrogens is 521 g/mol. The van der Waals surface area contributed by atoms with Gasteiger partial charge in [0.1, 0.15) is 5.82 Å². The highest BCUT2D eigenvalue weighted by molar-refractivity contribution is 7.90. The van der Waals surface area contributed by atoms with E-state index in [-0.39, 0.29) is 29.1 Å². The normalized spacial score (nSPS) is 11.8. The molecule has 0 aliphatic rings. The number of methoxy groups -OCH3 is 1. The van der Waals surface area contributed by atoms with Gasteiger partial charge in [-0.05, 0) is 60.4 Å². The van der Waals surface area contributed by atoms with Crippen LogP contribution >= 0.6 is 0 Å². The molecule has 0 fully saturated rings. The smallest absolute Gasteiger partial charge is 0.343 e. The highest BCUT2D eigenvalue weighted by Crippen LogP contribution is 2.41. The van der Waals surface area contributed by atoms with E-state index in [1.807, 2.05) is 26.8 Å². The SMILES string of the molecule is COC(=O)COc1nc2cc3c(cnn3S(=O)(=O)c3ccc(C)cc3)cc2c(-c2ccc(F)cc2)c1C(C)C. The number of hydrogen-bond acceptors (Lipinski definition) is 7. The second kappa shape index (κ2) is 10.1. The number of nitrogens with zero attached hydrogens (tertiary/aromatic N) is 3. The van der Waals surface area contributed by atoms with Crippen LogP contribution in [0.1, 0.15) is 30.9 Å². The van der Waals surface area contributed by atoms with Crippen LogP contribution in [0, 0.1) is 12.7 Å². The molecule has 5 aromatic rings. The molecule has 0 aliphatic heterocycles. The Balaban J connectivity index is 1.79. The maximum absolute atomic E-state index is 13.8. The Morgan fingerprint density at radius 3 is 2.38 bits per heavy atom. The Morgan fingerprint density at radius 1 is 1.05 bits per heavy atom. The van der Waals surface area contributed by atoms with E-state index in [2.05, 4.69) is 5.10 Å². The number of halogens is 1. The number of aryl methyl sites for hydroxylation is 1. The summed E-state index contributed by atoms with van der Waals surface area (Å²) in [6.07, 6.45) is 1.49. The molecule has 2 aromatic heterocycles. The van der Waals surface area contributed by atoms with Crippen molar-refractivity contribution < 1.29 is 27.1 Å². The van der Waals surface area contributed by atoms with Crippen LogP contribution in [0.3, 0.4) is 0 Å². The van der Waals surface area contributed by atoms with Crippen LogP contribution in [0.4, 0.5) is 4.39 Å². The van der Waals surface area contributed by atoms with E-state index in [9.17, 15) is 17.6 Å². The van der Waals surface area contributed by atoms with Gasteiger partial charge >= 0.3 is 5.97 Å². The lowest BCUT2D eigenvalue weighted by Crippen LogP contribution is -2.15. The number of hydrogen-bond donors (Lipinski definition) is 0. The number of ether oxygens (including phenoxy) is 2. The van der Waals surface area contributed by atoms with Crippen molar-refractivity contribution in [3.05, 3.63) is 83.8 Å². The predicted octanol–water partition coefficient (Wildman–Crippen LogP) is 5.61. The highest BCUT2D eigenvalue weighted by Gasteiger charge is 2.25. The maximum atomic E-state index is 13.8. The summed E-state index contributed by atoms with van der Waals surface area (Å²) in [5, 5.41) is 5.50. The lowest BCUT2D eigenvalue weighted by atomic mass is 9.90. The van der Waals surface area contributed by atoms with Gasteiger partial charge in [-0.2, -0.15) is 17.6 Å². The van der Waals surface area contributed by atoms with Crippen molar-refractivity contribution in [3.8, 4) is 17.0 Å². The molecule has 200 valence electrons. The molecule has 5 rings (SSSR count). The minimum atomic E-state index is -3.99. The van der Waals surface area contributed by atoms with Crippen molar-refractivity contribution in [1.29, 1.82) is 0 Å². The first-order valence-corrected chi connectivity index (χ1v) is 13.7. The molecule has 0 N–H and O–H groups in total. The van der Waals surface area contributed by atoms with Gasteiger partial charge in [-0.1, -0.05) is 43.7 Å². The average molecular weight is 548 g/mol. The van der Waals surface area contributed by atoms with Gasteiger partial charge in [0.25, 0.3) is 10.0 Å². The van der Waals surface area contributed by atoms with Crippen LogP contribution in [-0.2, 0) is 19.6 Å². The van der Waals surface area contributed by atoms with Crippen LogP contribution in [0.15, 0.2) is 71.8 Å². The quantitative estimate of drug-likeness (QED) is 0.244. The predicted molar refractivity (Wildman–Crippen MR) is 146 cm³/mol. The molecule has 0 bridgehead atoms. The van der Waals surface area contributed by atoms with Gasteiger partial charge in [0.2, 0.25) is 5.88 Å². The Labute approximate surface area is 225 Å². The van der Waals surface area contributed by atoms with Crippen molar-refractivity contribution in [1.82, 2.24) is 14.2 Å². The molecule has 0 saturated carbocycles. The van der Waals surface area contributed by atoms with Crippen LogP contribution in [0.5, 0.6) is 5.88 Å². The summed E-state index contributed by atoms with van der Waals surface area (Å²) in [6.45, 7) is 5.44. The van der Waals surface area contributed by atoms with Crippen LogP contribution in [-0.4, -0.2) is 42.3 Å². The summed E-state index contributed by atoms with van der Waals surface area (Å²) in [5.74, 6) is -0.841. The molecule has 0 unspecified atom stereocenters. The number of fused-ring (bicyclic) bond motifs is 2. The number of carbonyl (C=O) groups excluding carboxylic acids is 1. The van der Waals surface area contributed by atoms with Gasteiger partial charge in [-0.25, -0.2) is 14.2 Å². The number of benzene rings is 3. The number of carbonyl (C=O) groups is 1. The summed E-state index contributed by atoms with van der Waals surface area (Å²) >= 11 is 0.